The summed E-state index contributed by atoms with van der Waals surface area (Å²) < 4.78 is 0. The summed E-state index contributed by atoms with van der Waals surface area (Å²) in [5.41, 5.74) is 1.65. The average molecular weight is 318 g/mol. The van der Waals surface area contributed by atoms with Gasteiger partial charge in [0.2, 0.25) is 0 Å². The number of nitrogens with zero attached hydrogens (tertiary/aromatic N) is 2. The minimum atomic E-state index is 0.138. The molecule has 2 heterocycles. The summed E-state index contributed by atoms with van der Waals surface area (Å²) in [7, 11) is 0. The number of hydrogen-bond acceptors (Lipinski definition) is 5. The van der Waals surface area contributed by atoms with Crippen LogP contribution in [0.4, 0.5) is 5.13 Å². The van der Waals surface area contributed by atoms with E-state index in [0.29, 0.717) is 6.42 Å². The van der Waals surface area contributed by atoms with E-state index in [1.807, 2.05) is 47.5 Å². The predicted molar refractivity (Wildman–Crippen MR) is 90.7 cm³/mol. The van der Waals surface area contributed by atoms with Crippen LogP contribution in [0.2, 0.25) is 0 Å². The largest absolute Gasteiger partial charge is 0.347 e. The number of thioether (sulfide) groups is 1. The maximum atomic E-state index is 12.2. The second-order valence-corrected chi connectivity index (χ2v) is 7.10. The van der Waals surface area contributed by atoms with Crippen LogP contribution in [0.5, 0.6) is 0 Å². The Kier molecular flexibility index (Phi) is 4.93. The number of carbonyl (C=O) groups is 1. The van der Waals surface area contributed by atoms with Crippen molar-refractivity contribution in [3.05, 3.63) is 47.0 Å². The van der Waals surface area contributed by atoms with Gasteiger partial charge in [0, 0.05) is 29.8 Å². The van der Waals surface area contributed by atoms with Gasteiger partial charge in [0.15, 0.2) is 10.9 Å². The molecular weight excluding hydrogens is 300 g/mol. The Balaban J connectivity index is 1.66. The molecule has 0 spiro atoms. The number of benzene rings is 1. The first-order valence-corrected chi connectivity index (χ1v) is 9.22. The zero-order valence-corrected chi connectivity index (χ0v) is 13.5. The molecule has 3 rings (SSSR count). The standard InChI is InChI=1S/C16H18N2OS2/c19-15(13-5-2-1-3-6-13)11-14-12-21-16(17-14)18-7-4-9-20-10-8-18/h1-3,5-6,12H,4,7-11H2. The van der Waals surface area contributed by atoms with E-state index in [0.717, 1.165) is 35.2 Å². The number of Topliss-reactive ketones (excluding diaryl/α,β-unsaturated/α-hetero) is 1. The Labute approximate surface area is 133 Å². The van der Waals surface area contributed by atoms with E-state index in [-0.39, 0.29) is 5.78 Å². The van der Waals surface area contributed by atoms with E-state index in [2.05, 4.69) is 9.88 Å². The number of anilines is 1. The zero-order chi connectivity index (χ0) is 14.5. The number of ketones is 1. The van der Waals surface area contributed by atoms with Crippen LogP contribution in [-0.4, -0.2) is 35.4 Å². The Bertz CT molecular complexity index is 589. The van der Waals surface area contributed by atoms with E-state index in [9.17, 15) is 4.79 Å². The quantitative estimate of drug-likeness (QED) is 0.808. The number of thiazole rings is 1. The minimum absolute atomic E-state index is 0.138. The highest BCUT2D eigenvalue weighted by Crippen LogP contribution is 2.24. The molecule has 0 saturated carbocycles. The first-order valence-electron chi connectivity index (χ1n) is 7.18. The molecule has 1 saturated heterocycles. The van der Waals surface area contributed by atoms with Crippen molar-refractivity contribution >= 4 is 34.0 Å². The van der Waals surface area contributed by atoms with Gasteiger partial charge in [-0.05, 0) is 12.2 Å². The summed E-state index contributed by atoms with van der Waals surface area (Å²) in [6, 6.07) is 9.45. The molecule has 0 bridgehead atoms. The van der Waals surface area contributed by atoms with E-state index in [1.54, 1.807) is 11.3 Å². The highest BCUT2D eigenvalue weighted by Gasteiger charge is 2.15. The first kappa shape index (κ1) is 14.6. The van der Waals surface area contributed by atoms with E-state index in [4.69, 9.17) is 0 Å². The van der Waals surface area contributed by atoms with Crippen molar-refractivity contribution in [2.45, 2.75) is 12.8 Å². The van der Waals surface area contributed by atoms with Crippen LogP contribution in [0.1, 0.15) is 22.5 Å². The molecule has 1 aliphatic heterocycles. The fourth-order valence-corrected chi connectivity index (χ4v) is 4.12. The molecule has 0 radical (unpaired) electrons. The Morgan fingerprint density at radius 3 is 2.90 bits per heavy atom. The molecule has 0 N–H and O–H groups in total. The molecule has 1 aromatic heterocycles. The lowest BCUT2D eigenvalue weighted by Crippen LogP contribution is -2.25. The third kappa shape index (κ3) is 3.86. The van der Waals surface area contributed by atoms with Gasteiger partial charge >= 0.3 is 0 Å². The summed E-state index contributed by atoms with van der Waals surface area (Å²) >= 11 is 3.67. The van der Waals surface area contributed by atoms with Gasteiger partial charge in [-0.15, -0.1) is 11.3 Å². The zero-order valence-electron chi connectivity index (χ0n) is 11.8. The number of hydrogen-bond donors (Lipinski definition) is 0. The van der Waals surface area contributed by atoms with Gasteiger partial charge in [-0.25, -0.2) is 4.98 Å². The highest BCUT2D eigenvalue weighted by atomic mass is 32.2. The summed E-state index contributed by atoms with van der Waals surface area (Å²) in [5.74, 6) is 2.54. The molecular formula is C16H18N2OS2. The van der Waals surface area contributed by atoms with Crippen LogP contribution >= 0.6 is 23.1 Å². The van der Waals surface area contributed by atoms with Crippen LogP contribution < -0.4 is 4.90 Å². The van der Waals surface area contributed by atoms with Crippen molar-refractivity contribution in [3.63, 3.8) is 0 Å². The van der Waals surface area contributed by atoms with Crippen LogP contribution in [-0.2, 0) is 6.42 Å². The smallest absolute Gasteiger partial charge is 0.185 e. The molecule has 1 aliphatic rings. The van der Waals surface area contributed by atoms with Crippen molar-refractivity contribution in [1.29, 1.82) is 0 Å². The topological polar surface area (TPSA) is 33.2 Å². The fraction of sp³-hybridized carbons (Fsp3) is 0.375. The molecule has 1 fully saturated rings. The van der Waals surface area contributed by atoms with Gasteiger partial charge < -0.3 is 4.90 Å². The number of aromatic nitrogens is 1. The normalized spacial score (nSPS) is 15.7. The summed E-state index contributed by atoms with van der Waals surface area (Å²) in [4.78, 5) is 19.2. The Morgan fingerprint density at radius 2 is 2.05 bits per heavy atom. The third-order valence-corrected chi connectivity index (χ3v) is 5.47. The lowest BCUT2D eigenvalue weighted by atomic mass is 10.1. The van der Waals surface area contributed by atoms with Crippen molar-refractivity contribution in [2.24, 2.45) is 0 Å². The predicted octanol–water partition coefficient (Wildman–Crippen LogP) is 3.51. The van der Waals surface area contributed by atoms with Crippen LogP contribution in [0.3, 0.4) is 0 Å². The number of carbonyl (C=O) groups excluding carboxylic acids is 1. The van der Waals surface area contributed by atoms with E-state index >= 15 is 0 Å². The molecule has 5 heteroatoms. The van der Waals surface area contributed by atoms with Crippen LogP contribution in [0.25, 0.3) is 0 Å². The Morgan fingerprint density at radius 1 is 1.19 bits per heavy atom. The SMILES string of the molecule is O=C(Cc1csc(N2CCCSCC2)n1)c1ccccc1. The van der Waals surface area contributed by atoms with Crippen molar-refractivity contribution < 1.29 is 4.79 Å². The summed E-state index contributed by atoms with van der Waals surface area (Å²) in [5, 5.41) is 3.09. The van der Waals surface area contributed by atoms with Crippen LogP contribution in [0.15, 0.2) is 35.7 Å². The van der Waals surface area contributed by atoms with Gasteiger partial charge in [0.25, 0.3) is 0 Å². The summed E-state index contributed by atoms with van der Waals surface area (Å²) in [6.07, 6.45) is 1.60. The monoisotopic (exact) mass is 318 g/mol. The molecule has 21 heavy (non-hydrogen) atoms. The Hall–Kier alpha value is -1.33. The van der Waals surface area contributed by atoms with Gasteiger partial charge in [0.05, 0.1) is 12.1 Å². The first-order chi connectivity index (χ1) is 10.3. The second kappa shape index (κ2) is 7.09. The van der Waals surface area contributed by atoms with Gasteiger partial charge in [-0.3, -0.25) is 4.79 Å². The molecule has 3 nitrogen and oxygen atoms in total. The third-order valence-electron chi connectivity index (χ3n) is 3.47. The molecule has 2 aromatic rings. The lowest BCUT2D eigenvalue weighted by Gasteiger charge is -2.18. The fourth-order valence-electron chi connectivity index (χ4n) is 2.35. The molecule has 0 amide bonds. The van der Waals surface area contributed by atoms with Crippen LogP contribution in [0, 0.1) is 0 Å². The molecule has 0 unspecified atom stereocenters. The minimum Gasteiger partial charge on any atom is -0.347 e. The van der Waals surface area contributed by atoms with Gasteiger partial charge in [0.1, 0.15) is 0 Å². The molecule has 110 valence electrons. The average Bonchev–Trinajstić information content (AvgIpc) is 2.81. The lowest BCUT2D eigenvalue weighted by molar-refractivity contribution is 0.0992. The highest BCUT2D eigenvalue weighted by molar-refractivity contribution is 7.99. The number of rotatable bonds is 4. The van der Waals surface area contributed by atoms with E-state index < -0.39 is 0 Å². The van der Waals surface area contributed by atoms with Crippen molar-refractivity contribution in [1.82, 2.24) is 4.98 Å². The molecule has 0 aliphatic carbocycles. The molecule has 1 aromatic carbocycles. The van der Waals surface area contributed by atoms with Gasteiger partial charge in [-0.2, -0.15) is 11.8 Å². The molecule has 0 atom stereocenters. The van der Waals surface area contributed by atoms with E-state index in [1.165, 1.54) is 12.2 Å². The maximum Gasteiger partial charge on any atom is 0.185 e. The van der Waals surface area contributed by atoms with Gasteiger partial charge in [-0.1, -0.05) is 30.3 Å². The van der Waals surface area contributed by atoms with Crippen molar-refractivity contribution in [3.8, 4) is 0 Å². The second-order valence-electron chi connectivity index (χ2n) is 5.04. The maximum absolute atomic E-state index is 12.2. The summed E-state index contributed by atoms with van der Waals surface area (Å²) in [6.45, 7) is 2.14. The van der Waals surface area contributed by atoms with Crippen molar-refractivity contribution in [2.75, 3.05) is 29.5 Å².